The number of anilines is 1. The summed E-state index contributed by atoms with van der Waals surface area (Å²) in [6, 6.07) is 8.74. The highest BCUT2D eigenvalue weighted by atomic mass is 16.5. The van der Waals surface area contributed by atoms with Crippen LogP contribution in [-0.2, 0) is 4.74 Å². The first-order valence-electron chi connectivity index (χ1n) is 7.50. The number of rotatable bonds is 3. The van der Waals surface area contributed by atoms with Gasteiger partial charge in [0.2, 0.25) is 0 Å². The Labute approximate surface area is 122 Å². The van der Waals surface area contributed by atoms with E-state index in [1.165, 1.54) is 11.3 Å². The number of hydrogen-bond donors (Lipinski definition) is 1. The highest BCUT2D eigenvalue weighted by Gasteiger charge is 2.35. The fraction of sp³-hybridized carbons (Fsp3) is 0.647. The van der Waals surface area contributed by atoms with Crippen molar-refractivity contribution in [1.82, 2.24) is 0 Å². The summed E-state index contributed by atoms with van der Waals surface area (Å²) in [5, 5.41) is 10.2. The largest absolute Gasteiger partial charge is 0.388 e. The molecule has 0 amide bonds. The van der Waals surface area contributed by atoms with E-state index < -0.39 is 5.60 Å². The topological polar surface area (TPSA) is 32.7 Å². The van der Waals surface area contributed by atoms with Crippen molar-refractivity contribution in [1.29, 1.82) is 0 Å². The first kappa shape index (κ1) is 15.3. The highest BCUT2D eigenvalue weighted by molar-refractivity contribution is 5.48. The summed E-state index contributed by atoms with van der Waals surface area (Å²) in [5.41, 5.74) is 1.75. The van der Waals surface area contributed by atoms with Gasteiger partial charge in [-0.25, -0.2) is 0 Å². The van der Waals surface area contributed by atoms with Crippen molar-refractivity contribution >= 4 is 5.69 Å². The summed E-state index contributed by atoms with van der Waals surface area (Å²) in [4.78, 5) is 2.31. The van der Waals surface area contributed by atoms with Crippen molar-refractivity contribution in [2.75, 3.05) is 18.0 Å². The van der Waals surface area contributed by atoms with Gasteiger partial charge in [0.15, 0.2) is 0 Å². The van der Waals surface area contributed by atoms with E-state index in [2.05, 4.69) is 49.9 Å². The summed E-state index contributed by atoms with van der Waals surface area (Å²) in [5.74, 6) is 0.553. The zero-order valence-corrected chi connectivity index (χ0v) is 13.3. The third-order valence-electron chi connectivity index (χ3n) is 3.97. The quantitative estimate of drug-likeness (QED) is 0.921. The van der Waals surface area contributed by atoms with E-state index in [-0.39, 0.29) is 12.2 Å². The summed E-state index contributed by atoms with van der Waals surface area (Å²) in [6.45, 7) is 11.7. The van der Waals surface area contributed by atoms with Crippen LogP contribution in [0, 0.1) is 0 Å². The number of aliphatic hydroxyl groups is 1. The number of nitrogens with zero attached hydrogens (tertiary/aromatic N) is 1. The van der Waals surface area contributed by atoms with Crippen LogP contribution in [0.1, 0.15) is 46.1 Å². The zero-order chi connectivity index (χ0) is 14.9. The average molecular weight is 277 g/mol. The van der Waals surface area contributed by atoms with E-state index >= 15 is 0 Å². The molecule has 3 heteroatoms. The van der Waals surface area contributed by atoms with Crippen molar-refractivity contribution in [3.63, 3.8) is 0 Å². The Hall–Kier alpha value is -1.06. The minimum atomic E-state index is -0.815. The van der Waals surface area contributed by atoms with Crippen LogP contribution in [0.3, 0.4) is 0 Å². The number of hydrogen-bond acceptors (Lipinski definition) is 3. The Bertz CT molecular complexity index is 433. The summed E-state index contributed by atoms with van der Waals surface area (Å²) in [7, 11) is 0. The van der Waals surface area contributed by atoms with Gasteiger partial charge in [-0.3, -0.25) is 0 Å². The van der Waals surface area contributed by atoms with Crippen molar-refractivity contribution in [3.8, 4) is 0 Å². The Balaban J connectivity index is 2.15. The first-order valence-corrected chi connectivity index (χ1v) is 7.50. The molecule has 20 heavy (non-hydrogen) atoms. The molecule has 0 aromatic heterocycles. The SMILES string of the molecule is CC1CN(c2ccc(C(C)C)cc2)CC(C(C)(C)O)O1. The van der Waals surface area contributed by atoms with Crippen LogP contribution in [0.15, 0.2) is 24.3 Å². The average Bonchev–Trinajstić information content (AvgIpc) is 2.37. The molecule has 1 aliphatic heterocycles. The van der Waals surface area contributed by atoms with Crippen LogP contribution >= 0.6 is 0 Å². The fourth-order valence-electron chi connectivity index (χ4n) is 2.62. The van der Waals surface area contributed by atoms with Crippen LogP contribution in [0.2, 0.25) is 0 Å². The Morgan fingerprint density at radius 1 is 1.20 bits per heavy atom. The molecule has 2 rings (SSSR count). The molecule has 1 aromatic carbocycles. The maximum atomic E-state index is 10.2. The molecule has 0 aliphatic carbocycles. The first-order chi connectivity index (χ1) is 9.27. The lowest BCUT2D eigenvalue weighted by Gasteiger charge is -2.42. The van der Waals surface area contributed by atoms with Gasteiger partial charge in [0.25, 0.3) is 0 Å². The second kappa shape index (κ2) is 5.74. The van der Waals surface area contributed by atoms with Crippen LogP contribution in [-0.4, -0.2) is 36.0 Å². The molecule has 1 aromatic rings. The van der Waals surface area contributed by atoms with Crippen LogP contribution < -0.4 is 4.90 Å². The van der Waals surface area contributed by atoms with E-state index in [1.54, 1.807) is 0 Å². The molecule has 1 N–H and O–H groups in total. The third-order valence-corrected chi connectivity index (χ3v) is 3.97. The summed E-state index contributed by atoms with van der Waals surface area (Å²) in [6.07, 6.45) is -0.0269. The zero-order valence-electron chi connectivity index (χ0n) is 13.3. The molecular formula is C17H27NO2. The van der Waals surface area contributed by atoms with Crippen LogP contribution in [0.25, 0.3) is 0 Å². The molecule has 1 saturated heterocycles. The van der Waals surface area contributed by atoms with Crippen molar-refractivity contribution in [2.45, 2.75) is 58.3 Å². The van der Waals surface area contributed by atoms with E-state index in [0.29, 0.717) is 5.92 Å². The van der Waals surface area contributed by atoms with E-state index in [9.17, 15) is 5.11 Å². The monoisotopic (exact) mass is 277 g/mol. The molecular weight excluding hydrogens is 250 g/mol. The Kier molecular flexibility index (Phi) is 4.40. The molecule has 2 unspecified atom stereocenters. The second-order valence-corrected chi connectivity index (χ2v) is 6.74. The molecule has 0 spiro atoms. The van der Waals surface area contributed by atoms with E-state index in [1.807, 2.05) is 13.8 Å². The van der Waals surface area contributed by atoms with Crippen molar-refractivity contribution in [3.05, 3.63) is 29.8 Å². The summed E-state index contributed by atoms with van der Waals surface area (Å²) < 4.78 is 5.87. The lowest BCUT2D eigenvalue weighted by atomic mass is 9.98. The van der Waals surface area contributed by atoms with Gasteiger partial charge in [-0.2, -0.15) is 0 Å². The predicted octanol–water partition coefficient (Wildman–Crippen LogP) is 3.17. The highest BCUT2D eigenvalue weighted by Crippen LogP contribution is 2.26. The van der Waals surface area contributed by atoms with Gasteiger partial charge in [0.1, 0.15) is 6.10 Å². The van der Waals surface area contributed by atoms with Gasteiger partial charge in [-0.1, -0.05) is 26.0 Å². The minimum absolute atomic E-state index is 0.130. The lowest BCUT2D eigenvalue weighted by molar-refractivity contribution is -0.120. The fourth-order valence-corrected chi connectivity index (χ4v) is 2.62. The minimum Gasteiger partial charge on any atom is -0.388 e. The third kappa shape index (κ3) is 3.53. The Morgan fingerprint density at radius 3 is 2.30 bits per heavy atom. The molecule has 1 fully saturated rings. The molecule has 1 heterocycles. The number of ether oxygens (including phenoxy) is 1. The van der Waals surface area contributed by atoms with Crippen LogP contribution in [0.5, 0.6) is 0 Å². The molecule has 2 atom stereocenters. The van der Waals surface area contributed by atoms with Crippen molar-refractivity contribution in [2.24, 2.45) is 0 Å². The van der Waals surface area contributed by atoms with Crippen LogP contribution in [0.4, 0.5) is 5.69 Å². The maximum absolute atomic E-state index is 10.2. The van der Waals surface area contributed by atoms with Gasteiger partial charge in [-0.15, -0.1) is 0 Å². The smallest absolute Gasteiger partial charge is 0.103 e. The van der Waals surface area contributed by atoms with E-state index in [4.69, 9.17) is 4.74 Å². The molecule has 1 aliphatic rings. The van der Waals surface area contributed by atoms with E-state index in [0.717, 1.165) is 13.1 Å². The second-order valence-electron chi connectivity index (χ2n) is 6.74. The van der Waals surface area contributed by atoms with Gasteiger partial charge >= 0.3 is 0 Å². The normalized spacial score (nSPS) is 24.2. The van der Waals surface area contributed by atoms with Gasteiger partial charge < -0.3 is 14.7 Å². The molecule has 0 bridgehead atoms. The van der Waals surface area contributed by atoms with Gasteiger partial charge in [0, 0.05) is 18.8 Å². The van der Waals surface area contributed by atoms with Crippen molar-refractivity contribution < 1.29 is 9.84 Å². The van der Waals surface area contributed by atoms with Gasteiger partial charge in [-0.05, 0) is 44.4 Å². The van der Waals surface area contributed by atoms with Gasteiger partial charge in [0.05, 0.1) is 11.7 Å². The standard InChI is InChI=1S/C17H27NO2/c1-12(2)14-6-8-15(9-7-14)18-10-13(3)20-16(11-18)17(4,5)19/h6-9,12-13,16,19H,10-11H2,1-5H3. The summed E-state index contributed by atoms with van der Waals surface area (Å²) >= 11 is 0. The number of benzene rings is 1. The lowest BCUT2D eigenvalue weighted by Crippen LogP contribution is -2.54. The molecule has 3 nitrogen and oxygen atoms in total. The molecule has 0 radical (unpaired) electrons. The number of morpholine rings is 1. The molecule has 0 saturated carbocycles. The maximum Gasteiger partial charge on any atom is 0.103 e. The molecule has 112 valence electrons. The predicted molar refractivity (Wildman–Crippen MR) is 83.4 cm³/mol. The Morgan fingerprint density at radius 2 is 1.80 bits per heavy atom.